The fraction of sp³-hybridized carbons (Fsp3) is 0.353. The van der Waals surface area contributed by atoms with E-state index in [0.717, 1.165) is 39.5 Å². The highest BCUT2D eigenvalue weighted by atomic mass is 79.9. The Bertz CT molecular complexity index is 1520. The molecule has 0 saturated carbocycles. The lowest BCUT2D eigenvalue weighted by atomic mass is 9.88. The zero-order valence-corrected chi connectivity index (χ0v) is 26.1. The van der Waals surface area contributed by atoms with E-state index in [0.29, 0.717) is 23.6 Å². The predicted octanol–water partition coefficient (Wildman–Crippen LogP) is 9.95. The van der Waals surface area contributed by atoms with E-state index >= 15 is 0 Å². The number of hydrogen-bond acceptors (Lipinski definition) is 4. The average molecular weight is 586 g/mol. The fourth-order valence-electron chi connectivity index (χ4n) is 5.49. The van der Waals surface area contributed by atoms with Crippen molar-refractivity contribution in [1.29, 1.82) is 0 Å². The SMILES string of the molecule is CC/C(C)=C1\C=CC(Nc2nc(N)c3cc(Br)cc(-c4c(C)cc(C(C)/C=C(\C)CC)cc4C)c3n2)=CC1C. The third-order valence-corrected chi connectivity index (χ3v) is 8.34. The molecule has 0 spiro atoms. The van der Waals surface area contributed by atoms with Crippen LogP contribution in [-0.4, -0.2) is 9.97 Å². The van der Waals surface area contributed by atoms with Gasteiger partial charge in [-0.1, -0.05) is 85.1 Å². The first-order chi connectivity index (χ1) is 18.5. The third kappa shape index (κ3) is 6.19. The van der Waals surface area contributed by atoms with Gasteiger partial charge in [-0.2, -0.15) is 4.98 Å². The van der Waals surface area contributed by atoms with Gasteiger partial charge in [0.25, 0.3) is 0 Å². The lowest BCUT2D eigenvalue weighted by Crippen LogP contribution is -2.10. The maximum atomic E-state index is 6.52. The van der Waals surface area contributed by atoms with Crippen molar-refractivity contribution in [1.82, 2.24) is 9.97 Å². The lowest BCUT2D eigenvalue weighted by molar-refractivity contribution is 0.841. The molecule has 0 saturated heterocycles. The van der Waals surface area contributed by atoms with E-state index in [1.165, 1.54) is 39.0 Å². The summed E-state index contributed by atoms with van der Waals surface area (Å²) in [7, 11) is 0. The van der Waals surface area contributed by atoms with Gasteiger partial charge >= 0.3 is 0 Å². The number of anilines is 2. The largest absolute Gasteiger partial charge is 0.383 e. The standard InChI is InChI=1S/C34H41BrN4/c1-9-19(3)13-21(5)25-14-23(7)31(24(8)15-25)29-17-26(35)18-30-32(29)38-34(39-33(30)36)37-27-11-12-28(20(4)10-2)22(6)16-27/h11-18,21-22H,9-10H2,1-8H3,(H3,36,37,38,39)/b19-13+,28-20+. The van der Waals surface area contributed by atoms with Crippen LogP contribution < -0.4 is 11.1 Å². The number of allylic oxidation sites excluding steroid dienone is 7. The number of aryl methyl sites for hydroxylation is 2. The summed E-state index contributed by atoms with van der Waals surface area (Å²) in [6.07, 6.45) is 11.0. The van der Waals surface area contributed by atoms with E-state index in [-0.39, 0.29) is 0 Å². The molecule has 0 fully saturated rings. The molecule has 0 bridgehead atoms. The Kier molecular flexibility index (Phi) is 8.80. The van der Waals surface area contributed by atoms with Crippen molar-refractivity contribution >= 4 is 38.6 Å². The molecule has 2 unspecified atom stereocenters. The van der Waals surface area contributed by atoms with Gasteiger partial charge < -0.3 is 11.1 Å². The maximum Gasteiger partial charge on any atom is 0.229 e. The minimum absolute atomic E-state index is 0.323. The molecule has 1 aliphatic rings. The molecular weight excluding hydrogens is 544 g/mol. The Balaban J connectivity index is 1.79. The third-order valence-electron chi connectivity index (χ3n) is 7.88. The number of nitrogens with one attached hydrogen (secondary N) is 1. The highest BCUT2D eigenvalue weighted by Gasteiger charge is 2.18. The Labute approximate surface area is 242 Å². The topological polar surface area (TPSA) is 63.8 Å². The summed E-state index contributed by atoms with van der Waals surface area (Å²) in [5, 5.41) is 4.26. The number of aromatic nitrogens is 2. The monoisotopic (exact) mass is 584 g/mol. The van der Waals surface area contributed by atoms with Crippen molar-refractivity contribution in [3.05, 3.63) is 92.1 Å². The molecule has 1 aromatic heterocycles. The maximum absolute atomic E-state index is 6.52. The molecule has 0 aliphatic heterocycles. The number of benzene rings is 2. The van der Waals surface area contributed by atoms with Crippen LogP contribution in [0.25, 0.3) is 22.0 Å². The second-order valence-corrected chi connectivity index (χ2v) is 11.8. The summed E-state index contributed by atoms with van der Waals surface area (Å²) < 4.78 is 0.955. The van der Waals surface area contributed by atoms with Gasteiger partial charge in [0.2, 0.25) is 5.95 Å². The summed E-state index contributed by atoms with van der Waals surface area (Å²) >= 11 is 3.71. The van der Waals surface area contributed by atoms with E-state index < -0.39 is 0 Å². The van der Waals surface area contributed by atoms with Gasteiger partial charge in [0.05, 0.1) is 5.52 Å². The number of hydrogen-bond donors (Lipinski definition) is 2. The molecule has 204 valence electrons. The van der Waals surface area contributed by atoms with E-state index in [2.05, 4.69) is 124 Å². The van der Waals surface area contributed by atoms with Gasteiger partial charge in [-0.3, -0.25) is 0 Å². The molecule has 4 rings (SSSR count). The van der Waals surface area contributed by atoms with E-state index in [9.17, 15) is 0 Å². The van der Waals surface area contributed by atoms with Crippen LogP contribution in [-0.2, 0) is 0 Å². The molecule has 1 aliphatic carbocycles. The number of fused-ring (bicyclic) bond motifs is 1. The quantitative estimate of drug-likeness (QED) is 0.271. The molecule has 3 aromatic rings. The molecule has 1 heterocycles. The Morgan fingerprint density at radius 3 is 2.36 bits per heavy atom. The number of nitrogens with two attached hydrogens (primary N) is 1. The zero-order chi connectivity index (χ0) is 28.4. The highest BCUT2D eigenvalue weighted by Crippen LogP contribution is 2.39. The summed E-state index contributed by atoms with van der Waals surface area (Å²) in [6.45, 7) is 17.7. The molecule has 2 atom stereocenters. The molecule has 4 nitrogen and oxygen atoms in total. The molecule has 2 aromatic carbocycles. The van der Waals surface area contributed by atoms with Crippen molar-refractivity contribution in [2.24, 2.45) is 5.92 Å². The smallest absolute Gasteiger partial charge is 0.229 e. The first-order valence-electron chi connectivity index (χ1n) is 13.9. The highest BCUT2D eigenvalue weighted by molar-refractivity contribution is 9.10. The summed E-state index contributed by atoms with van der Waals surface area (Å²) in [4.78, 5) is 9.64. The molecular formula is C34H41BrN4. The summed E-state index contributed by atoms with van der Waals surface area (Å²) in [6, 6.07) is 8.77. The molecule has 0 radical (unpaired) electrons. The van der Waals surface area contributed by atoms with Gasteiger partial charge in [0.1, 0.15) is 5.82 Å². The second-order valence-electron chi connectivity index (χ2n) is 10.9. The predicted molar refractivity (Wildman–Crippen MR) is 172 cm³/mol. The second kappa shape index (κ2) is 11.9. The number of nitrogen functional groups attached to an aromatic ring is 1. The summed E-state index contributed by atoms with van der Waals surface area (Å²) in [5.74, 6) is 1.65. The van der Waals surface area contributed by atoms with Crippen LogP contribution in [0.15, 0.2) is 75.5 Å². The molecule has 3 N–H and O–H groups in total. The lowest BCUT2D eigenvalue weighted by Gasteiger charge is -2.20. The van der Waals surface area contributed by atoms with Crippen molar-refractivity contribution in [3.63, 3.8) is 0 Å². The first kappa shape index (κ1) is 28.8. The molecule has 5 heteroatoms. The Morgan fingerprint density at radius 2 is 1.74 bits per heavy atom. The van der Waals surface area contributed by atoms with Crippen LogP contribution >= 0.6 is 15.9 Å². The number of rotatable bonds is 7. The van der Waals surface area contributed by atoms with Crippen molar-refractivity contribution in [2.75, 3.05) is 11.1 Å². The first-order valence-corrected chi connectivity index (χ1v) is 14.7. The number of nitrogens with zero attached hydrogens (tertiary/aromatic N) is 2. The van der Waals surface area contributed by atoms with Gasteiger partial charge in [-0.25, -0.2) is 4.98 Å². The van der Waals surface area contributed by atoms with Crippen LogP contribution in [0.3, 0.4) is 0 Å². The minimum Gasteiger partial charge on any atom is -0.383 e. The Morgan fingerprint density at radius 1 is 1.05 bits per heavy atom. The zero-order valence-electron chi connectivity index (χ0n) is 24.5. The average Bonchev–Trinajstić information content (AvgIpc) is 2.88. The van der Waals surface area contributed by atoms with Crippen LogP contribution in [0.2, 0.25) is 0 Å². The minimum atomic E-state index is 0.323. The van der Waals surface area contributed by atoms with Crippen molar-refractivity contribution in [3.8, 4) is 11.1 Å². The van der Waals surface area contributed by atoms with Crippen LogP contribution in [0.4, 0.5) is 11.8 Å². The van der Waals surface area contributed by atoms with Gasteiger partial charge in [0, 0.05) is 27.0 Å². The molecule has 39 heavy (non-hydrogen) atoms. The summed E-state index contributed by atoms with van der Waals surface area (Å²) in [5.41, 5.74) is 18.6. The van der Waals surface area contributed by atoms with Crippen molar-refractivity contribution in [2.45, 2.75) is 74.1 Å². The van der Waals surface area contributed by atoms with Crippen LogP contribution in [0.5, 0.6) is 0 Å². The van der Waals surface area contributed by atoms with Gasteiger partial charge in [0.15, 0.2) is 0 Å². The number of halogens is 1. The van der Waals surface area contributed by atoms with E-state index in [4.69, 9.17) is 10.7 Å². The fourth-order valence-corrected chi connectivity index (χ4v) is 5.94. The van der Waals surface area contributed by atoms with Crippen LogP contribution in [0, 0.1) is 19.8 Å². The van der Waals surface area contributed by atoms with E-state index in [1.54, 1.807) is 0 Å². The van der Waals surface area contributed by atoms with Crippen LogP contribution in [0.1, 0.15) is 77.0 Å². The Hall–Kier alpha value is -3.18. The van der Waals surface area contributed by atoms with E-state index in [1.807, 2.05) is 6.07 Å². The normalized spacial score (nSPS) is 17.8. The molecule has 0 amide bonds. The van der Waals surface area contributed by atoms with Gasteiger partial charge in [-0.05, 0) is 92.5 Å². The van der Waals surface area contributed by atoms with Crippen molar-refractivity contribution < 1.29 is 0 Å². The van der Waals surface area contributed by atoms with Gasteiger partial charge in [-0.15, -0.1) is 0 Å².